The summed E-state index contributed by atoms with van der Waals surface area (Å²) in [6.45, 7) is 2.45. The lowest BCUT2D eigenvalue weighted by atomic mass is 10.1. The number of carbonyl (C=O) groups is 1. The molecule has 0 fully saturated rings. The molecule has 5 heteroatoms. The van der Waals surface area contributed by atoms with Gasteiger partial charge in [0, 0.05) is 24.2 Å². The maximum Gasteiger partial charge on any atom is 0.269 e. The molecule has 0 aliphatic carbocycles. The van der Waals surface area contributed by atoms with E-state index in [0.29, 0.717) is 6.54 Å². The van der Waals surface area contributed by atoms with E-state index in [9.17, 15) is 14.9 Å². The summed E-state index contributed by atoms with van der Waals surface area (Å²) >= 11 is 0. The van der Waals surface area contributed by atoms with Gasteiger partial charge in [-0.1, -0.05) is 30.3 Å². The number of nitrogens with zero attached hydrogens (tertiary/aromatic N) is 2. The average Bonchev–Trinajstić information content (AvgIpc) is 2.73. The fourth-order valence-electron chi connectivity index (χ4n) is 2.68. The van der Waals surface area contributed by atoms with Gasteiger partial charge < -0.3 is 4.90 Å². The van der Waals surface area contributed by atoms with E-state index in [1.54, 1.807) is 17.0 Å². The van der Waals surface area contributed by atoms with Gasteiger partial charge in [-0.05, 0) is 24.1 Å². The van der Waals surface area contributed by atoms with Crippen molar-refractivity contribution in [1.82, 2.24) is 4.90 Å². The Labute approximate surface area is 122 Å². The van der Waals surface area contributed by atoms with Crippen molar-refractivity contribution in [3.8, 4) is 0 Å². The third-order valence-corrected chi connectivity index (χ3v) is 3.87. The van der Waals surface area contributed by atoms with E-state index in [2.05, 4.69) is 0 Å². The highest BCUT2D eigenvalue weighted by Gasteiger charge is 2.33. The third kappa shape index (κ3) is 2.27. The number of fused-ring (bicyclic) bond motifs is 1. The van der Waals surface area contributed by atoms with Gasteiger partial charge in [0.2, 0.25) is 0 Å². The Morgan fingerprint density at radius 1 is 1.14 bits per heavy atom. The molecule has 0 saturated carbocycles. The van der Waals surface area contributed by atoms with Gasteiger partial charge in [-0.2, -0.15) is 0 Å². The zero-order valence-electron chi connectivity index (χ0n) is 11.5. The Bertz CT molecular complexity index is 710. The minimum Gasteiger partial charge on any atom is -0.328 e. The molecule has 1 heterocycles. The summed E-state index contributed by atoms with van der Waals surface area (Å²) in [6, 6.07) is 13.9. The largest absolute Gasteiger partial charge is 0.328 e. The second-order valence-corrected chi connectivity index (χ2v) is 5.12. The Morgan fingerprint density at radius 3 is 2.43 bits per heavy atom. The number of hydrogen-bond acceptors (Lipinski definition) is 3. The zero-order chi connectivity index (χ0) is 15.0. The van der Waals surface area contributed by atoms with E-state index in [1.165, 1.54) is 12.1 Å². The minimum absolute atomic E-state index is 0.0106. The highest BCUT2D eigenvalue weighted by Crippen LogP contribution is 2.34. The number of carbonyl (C=O) groups excluding carboxylic acids is 1. The first kappa shape index (κ1) is 13.3. The topological polar surface area (TPSA) is 63.5 Å². The normalized spacial score (nSPS) is 16.9. The lowest BCUT2D eigenvalue weighted by Gasteiger charge is -2.22. The lowest BCUT2D eigenvalue weighted by Crippen LogP contribution is -2.26. The van der Waals surface area contributed by atoms with Crippen LogP contribution in [-0.4, -0.2) is 15.7 Å². The fraction of sp³-hybridized carbons (Fsp3) is 0.188. The first-order valence-corrected chi connectivity index (χ1v) is 6.71. The summed E-state index contributed by atoms with van der Waals surface area (Å²) in [5.41, 5.74) is 2.72. The van der Waals surface area contributed by atoms with Gasteiger partial charge in [-0.3, -0.25) is 14.9 Å². The maximum atomic E-state index is 12.4. The van der Waals surface area contributed by atoms with E-state index in [0.717, 1.165) is 16.7 Å². The Kier molecular flexibility index (Phi) is 3.17. The number of nitro groups is 1. The molecule has 0 aromatic heterocycles. The first-order chi connectivity index (χ1) is 10.1. The Hall–Kier alpha value is -2.69. The molecular formula is C16H14N2O3. The molecule has 2 aromatic carbocycles. The van der Waals surface area contributed by atoms with Crippen molar-refractivity contribution in [2.24, 2.45) is 0 Å². The summed E-state index contributed by atoms with van der Waals surface area (Å²) in [6.07, 6.45) is 0. The molecule has 1 amide bonds. The predicted octanol–water partition coefficient (Wildman–Crippen LogP) is 3.31. The molecule has 1 aliphatic rings. The second kappa shape index (κ2) is 5.01. The molecule has 0 bridgehead atoms. The summed E-state index contributed by atoms with van der Waals surface area (Å²) in [5, 5.41) is 10.7. The van der Waals surface area contributed by atoms with E-state index in [4.69, 9.17) is 0 Å². The lowest BCUT2D eigenvalue weighted by molar-refractivity contribution is -0.384. The Balaban J connectivity index is 1.83. The van der Waals surface area contributed by atoms with Crippen molar-refractivity contribution >= 4 is 11.6 Å². The smallest absolute Gasteiger partial charge is 0.269 e. The van der Waals surface area contributed by atoms with Crippen LogP contribution >= 0.6 is 0 Å². The van der Waals surface area contributed by atoms with Gasteiger partial charge in [0.25, 0.3) is 11.6 Å². The fourth-order valence-corrected chi connectivity index (χ4v) is 2.68. The molecule has 1 aliphatic heterocycles. The number of rotatable bonds is 3. The van der Waals surface area contributed by atoms with Gasteiger partial charge >= 0.3 is 0 Å². The quantitative estimate of drug-likeness (QED) is 0.641. The molecule has 3 rings (SSSR count). The second-order valence-electron chi connectivity index (χ2n) is 5.12. The van der Waals surface area contributed by atoms with Gasteiger partial charge in [0.1, 0.15) is 0 Å². The van der Waals surface area contributed by atoms with E-state index in [-0.39, 0.29) is 17.6 Å². The van der Waals surface area contributed by atoms with Crippen LogP contribution in [0.2, 0.25) is 0 Å². The SMILES string of the molecule is CC1c2ccccc2C(=O)N1Cc1ccc([N+](=O)[O-])cc1. The third-order valence-electron chi connectivity index (χ3n) is 3.87. The Morgan fingerprint density at radius 2 is 1.81 bits per heavy atom. The first-order valence-electron chi connectivity index (χ1n) is 6.71. The van der Waals surface area contributed by atoms with Crippen LogP contribution < -0.4 is 0 Å². The van der Waals surface area contributed by atoms with Crippen molar-refractivity contribution < 1.29 is 9.72 Å². The summed E-state index contributed by atoms with van der Waals surface area (Å²) in [7, 11) is 0. The van der Waals surface area contributed by atoms with Crippen molar-refractivity contribution in [3.63, 3.8) is 0 Å². The van der Waals surface area contributed by atoms with E-state index in [1.807, 2.05) is 31.2 Å². The van der Waals surface area contributed by atoms with Crippen molar-refractivity contribution in [2.45, 2.75) is 19.5 Å². The minimum atomic E-state index is -0.427. The highest BCUT2D eigenvalue weighted by atomic mass is 16.6. The molecule has 1 unspecified atom stereocenters. The molecule has 0 spiro atoms. The van der Waals surface area contributed by atoms with Crippen LogP contribution in [0.25, 0.3) is 0 Å². The summed E-state index contributed by atoms with van der Waals surface area (Å²) in [5.74, 6) is 0.0106. The van der Waals surface area contributed by atoms with Crippen LogP contribution in [-0.2, 0) is 6.54 Å². The molecule has 2 aromatic rings. The molecule has 0 radical (unpaired) electrons. The molecule has 1 atom stereocenters. The monoisotopic (exact) mass is 282 g/mol. The van der Waals surface area contributed by atoms with Crippen LogP contribution in [0.15, 0.2) is 48.5 Å². The highest BCUT2D eigenvalue weighted by molar-refractivity contribution is 5.99. The van der Waals surface area contributed by atoms with Crippen molar-refractivity contribution in [2.75, 3.05) is 0 Å². The van der Waals surface area contributed by atoms with Gasteiger partial charge in [0.15, 0.2) is 0 Å². The van der Waals surface area contributed by atoms with Crippen LogP contribution in [0.1, 0.15) is 34.5 Å². The standard InChI is InChI=1S/C16H14N2O3/c1-11-14-4-2-3-5-15(14)16(19)17(11)10-12-6-8-13(9-7-12)18(20)21/h2-9,11H,10H2,1H3. The van der Waals surface area contributed by atoms with Crippen LogP contribution in [0, 0.1) is 10.1 Å². The summed E-state index contributed by atoms with van der Waals surface area (Å²) in [4.78, 5) is 24.4. The molecule has 0 N–H and O–H groups in total. The van der Waals surface area contributed by atoms with Crippen LogP contribution in [0.5, 0.6) is 0 Å². The van der Waals surface area contributed by atoms with Crippen LogP contribution in [0.4, 0.5) is 5.69 Å². The molecular weight excluding hydrogens is 268 g/mol. The molecule has 21 heavy (non-hydrogen) atoms. The molecule has 106 valence electrons. The zero-order valence-corrected chi connectivity index (χ0v) is 11.5. The van der Waals surface area contributed by atoms with Gasteiger partial charge in [0.05, 0.1) is 11.0 Å². The van der Waals surface area contributed by atoms with Crippen LogP contribution in [0.3, 0.4) is 0 Å². The van der Waals surface area contributed by atoms with E-state index >= 15 is 0 Å². The predicted molar refractivity (Wildman–Crippen MR) is 77.8 cm³/mol. The molecule has 5 nitrogen and oxygen atoms in total. The van der Waals surface area contributed by atoms with E-state index < -0.39 is 4.92 Å². The number of benzene rings is 2. The summed E-state index contributed by atoms with van der Waals surface area (Å²) < 4.78 is 0. The number of amides is 1. The number of nitro benzene ring substituents is 1. The number of hydrogen-bond donors (Lipinski definition) is 0. The van der Waals surface area contributed by atoms with Crippen molar-refractivity contribution in [1.29, 1.82) is 0 Å². The number of non-ortho nitro benzene ring substituents is 1. The average molecular weight is 282 g/mol. The molecule has 0 saturated heterocycles. The van der Waals surface area contributed by atoms with Gasteiger partial charge in [-0.25, -0.2) is 0 Å². The van der Waals surface area contributed by atoms with Gasteiger partial charge in [-0.15, -0.1) is 0 Å². The maximum absolute atomic E-state index is 12.4. The van der Waals surface area contributed by atoms with Crippen molar-refractivity contribution in [3.05, 3.63) is 75.3 Å².